The van der Waals surface area contributed by atoms with Gasteiger partial charge in [-0.05, 0) is 39.0 Å². The summed E-state index contributed by atoms with van der Waals surface area (Å²) in [6.45, 7) is 8.18. The number of hydrogen-bond acceptors (Lipinski definition) is 2. The third-order valence-electron chi connectivity index (χ3n) is 3.48. The Balaban J connectivity index is 2.61. The van der Waals surface area contributed by atoms with Crippen molar-refractivity contribution in [1.82, 2.24) is 0 Å². The Kier molecular flexibility index (Phi) is 3.14. The van der Waals surface area contributed by atoms with Gasteiger partial charge in [-0.2, -0.15) is 0 Å². The predicted octanol–water partition coefficient (Wildman–Crippen LogP) is 2.09. The molecule has 13 heavy (non-hydrogen) atoms. The Hall–Kier alpha value is -0.340. The van der Waals surface area contributed by atoms with Gasteiger partial charge < -0.3 is 10.5 Å². The first-order valence-electron chi connectivity index (χ1n) is 4.95. The largest absolute Gasteiger partial charge is 0.377 e. The van der Waals surface area contributed by atoms with Gasteiger partial charge >= 0.3 is 0 Å². The van der Waals surface area contributed by atoms with Crippen LogP contribution in [0.5, 0.6) is 0 Å². The van der Waals surface area contributed by atoms with E-state index in [1.807, 2.05) is 0 Å². The first-order valence-corrected chi connectivity index (χ1v) is 4.95. The van der Waals surface area contributed by atoms with Crippen LogP contribution in [-0.4, -0.2) is 18.8 Å². The maximum atomic E-state index is 6.09. The van der Waals surface area contributed by atoms with Crippen molar-refractivity contribution in [2.45, 2.75) is 44.8 Å². The van der Waals surface area contributed by atoms with Crippen molar-refractivity contribution in [2.24, 2.45) is 11.7 Å². The summed E-state index contributed by atoms with van der Waals surface area (Å²) in [5.74, 6) is 0.596. The molecule has 2 nitrogen and oxygen atoms in total. The Labute approximate surface area is 81.1 Å². The van der Waals surface area contributed by atoms with Crippen molar-refractivity contribution >= 4 is 0 Å². The fourth-order valence-corrected chi connectivity index (χ4v) is 2.02. The van der Waals surface area contributed by atoms with E-state index in [1.165, 1.54) is 5.57 Å². The summed E-state index contributed by atoms with van der Waals surface area (Å²) in [6.07, 6.45) is 3.22. The lowest BCUT2D eigenvalue weighted by Gasteiger charge is -2.41. The van der Waals surface area contributed by atoms with Crippen LogP contribution < -0.4 is 5.73 Å². The molecule has 1 saturated carbocycles. The van der Waals surface area contributed by atoms with E-state index in [0.717, 1.165) is 19.3 Å². The minimum atomic E-state index is -0.119. The molecule has 1 aliphatic rings. The number of nitrogens with two attached hydrogens (primary N) is 1. The molecule has 76 valence electrons. The Morgan fingerprint density at radius 1 is 1.62 bits per heavy atom. The van der Waals surface area contributed by atoms with Crippen molar-refractivity contribution in [3.8, 4) is 0 Å². The second-order valence-electron chi connectivity index (χ2n) is 4.44. The van der Waals surface area contributed by atoms with Crippen LogP contribution in [-0.2, 0) is 4.74 Å². The standard InChI is InChI=1S/C11H21NO/c1-8(2)9-5-6-11(3,13-4)10(12)7-9/h9-10H,1,5-7,12H2,2-4H3/t9-,10+,11+/m1/s1. The molecule has 2 N–H and O–H groups in total. The van der Waals surface area contributed by atoms with Crippen LogP contribution in [0.1, 0.15) is 33.1 Å². The van der Waals surface area contributed by atoms with Crippen molar-refractivity contribution in [1.29, 1.82) is 0 Å². The first kappa shape index (κ1) is 10.7. The molecule has 1 aliphatic carbocycles. The maximum Gasteiger partial charge on any atom is 0.0801 e. The molecule has 0 bridgehead atoms. The Morgan fingerprint density at radius 2 is 2.23 bits per heavy atom. The van der Waals surface area contributed by atoms with Gasteiger partial charge in [-0.1, -0.05) is 12.2 Å². The molecule has 0 aromatic rings. The van der Waals surface area contributed by atoms with Crippen molar-refractivity contribution < 1.29 is 4.74 Å². The molecular formula is C11H21NO. The van der Waals surface area contributed by atoms with Gasteiger partial charge in [0.05, 0.1) is 5.60 Å². The van der Waals surface area contributed by atoms with Crippen LogP contribution in [0.15, 0.2) is 12.2 Å². The van der Waals surface area contributed by atoms with Gasteiger partial charge in [-0.15, -0.1) is 0 Å². The van der Waals surface area contributed by atoms with Crippen molar-refractivity contribution in [3.63, 3.8) is 0 Å². The molecule has 0 amide bonds. The lowest BCUT2D eigenvalue weighted by atomic mass is 9.74. The highest BCUT2D eigenvalue weighted by molar-refractivity contribution is 5.04. The van der Waals surface area contributed by atoms with Crippen LogP contribution in [0.4, 0.5) is 0 Å². The number of allylic oxidation sites excluding steroid dienone is 1. The van der Waals surface area contributed by atoms with Crippen LogP contribution in [0.25, 0.3) is 0 Å². The quantitative estimate of drug-likeness (QED) is 0.665. The van der Waals surface area contributed by atoms with Gasteiger partial charge in [-0.3, -0.25) is 0 Å². The normalized spacial score (nSPS) is 40.3. The average Bonchev–Trinajstić information content (AvgIpc) is 2.09. The second-order valence-corrected chi connectivity index (χ2v) is 4.44. The van der Waals surface area contributed by atoms with Gasteiger partial charge in [0.2, 0.25) is 0 Å². The molecule has 1 rings (SSSR count). The molecule has 3 atom stereocenters. The fraction of sp³-hybridized carbons (Fsp3) is 0.818. The van der Waals surface area contributed by atoms with Crippen molar-refractivity contribution in [2.75, 3.05) is 7.11 Å². The zero-order valence-electron chi connectivity index (χ0n) is 8.97. The summed E-state index contributed by atoms with van der Waals surface area (Å²) in [4.78, 5) is 0. The molecular weight excluding hydrogens is 162 g/mol. The highest BCUT2D eigenvalue weighted by atomic mass is 16.5. The molecule has 1 fully saturated rings. The fourth-order valence-electron chi connectivity index (χ4n) is 2.02. The maximum absolute atomic E-state index is 6.09. The van der Waals surface area contributed by atoms with Crippen LogP contribution >= 0.6 is 0 Å². The Bertz CT molecular complexity index is 202. The monoisotopic (exact) mass is 183 g/mol. The highest BCUT2D eigenvalue weighted by Crippen LogP contribution is 2.35. The minimum Gasteiger partial charge on any atom is -0.377 e. The number of methoxy groups -OCH3 is 1. The van der Waals surface area contributed by atoms with Crippen LogP contribution in [0.3, 0.4) is 0 Å². The van der Waals surface area contributed by atoms with E-state index in [-0.39, 0.29) is 11.6 Å². The number of rotatable bonds is 2. The summed E-state index contributed by atoms with van der Waals surface area (Å²) in [7, 11) is 1.75. The van der Waals surface area contributed by atoms with Gasteiger partial charge in [0.1, 0.15) is 0 Å². The first-order chi connectivity index (χ1) is 5.99. The van der Waals surface area contributed by atoms with E-state index in [0.29, 0.717) is 5.92 Å². The summed E-state index contributed by atoms with van der Waals surface area (Å²) in [6, 6.07) is 0.146. The molecule has 0 saturated heterocycles. The van der Waals surface area contributed by atoms with E-state index >= 15 is 0 Å². The van der Waals surface area contributed by atoms with E-state index < -0.39 is 0 Å². The summed E-state index contributed by atoms with van der Waals surface area (Å²) in [5, 5.41) is 0. The SMILES string of the molecule is C=C(C)[C@@H]1CC[C@](C)(OC)[C@@H](N)C1. The lowest BCUT2D eigenvalue weighted by molar-refractivity contribution is -0.0460. The molecule has 0 aromatic carbocycles. The molecule has 0 radical (unpaired) electrons. The summed E-state index contributed by atoms with van der Waals surface area (Å²) >= 11 is 0. The molecule has 0 unspecified atom stereocenters. The van der Waals surface area contributed by atoms with E-state index in [2.05, 4.69) is 20.4 Å². The molecule has 0 aliphatic heterocycles. The zero-order valence-corrected chi connectivity index (χ0v) is 8.97. The minimum absolute atomic E-state index is 0.119. The number of ether oxygens (including phenoxy) is 1. The smallest absolute Gasteiger partial charge is 0.0801 e. The van der Waals surface area contributed by atoms with E-state index in [1.54, 1.807) is 7.11 Å². The van der Waals surface area contributed by atoms with Crippen LogP contribution in [0.2, 0.25) is 0 Å². The molecule has 0 spiro atoms. The lowest BCUT2D eigenvalue weighted by Crippen LogP contribution is -2.51. The van der Waals surface area contributed by atoms with E-state index in [9.17, 15) is 0 Å². The van der Waals surface area contributed by atoms with Gasteiger partial charge in [0, 0.05) is 13.2 Å². The average molecular weight is 183 g/mol. The van der Waals surface area contributed by atoms with Gasteiger partial charge in [0.15, 0.2) is 0 Å². The summed E-state index contributed by atoms with van der Waals surface area (Å²) < 4.78 is 5.46. The van der Waals surface area contributed by atoms with Crippen LogP contribution in [0, 0.1) is 5.92 Å². The Morgan fingerprint density at radius 3 is 2.62 bits per heavy atom. The molecule has 0 aromatic heterocycles. The summed E-state index contributed by atoms with van der Waals surface area (Å²) in [5.41, 5.74) is 7.22. The van der Waals surface area contributed by atoms with Crippen molar-refractivity contribution in [3.05, 3.63) is 12.2 Å². The number of hydrogen-bond donors (Lipinski definition) is 1. The topological polar surface area (TPSA) is 35.2 Å². The van der Waals surface area contributed by atoms with E-state index in [4.69, 9.17) is 10.5 Å². The van der Waals surface area contributed by atoms with Gasteiger partial charge in [-0.25, -0.2) is 0 Å². The van der Waals surface area contributed by atoms with Gasteiger partial charge in [0.25, 0.3) is 0 Å². The second kappa shape index (κ2) is 3.81. The zero-order chi connectivity index (χ0) is 10.1. The third kappa shape index (κ3) is 2.12. The predicted molar refractivity (Wildman–Crippen MR) is 55.5 cm³/mol. The third-order valence-corrected chi connectivity index (χ3v) is 3.48. The highest BCUT2D eigenvalue weighted by Gasteiger charge is 2.37. The molecule has 0 heterocycles. The molecule has 2 heteroatoms.